The number of amides is 1. The average molecular weight is 543 g/mol. The highest BCUT2D eigenvalue weighted by Crippen LogP contribution is 2.44. The number of hydrogen-bond acceptors (Lipinski definition) is 5. The number of aliphatic hydroxyl groups is 1. The van der Waals surface area contributed by atoms with Gasteiger partial charge < -0.3 is 19.7 Å². The number of nitrogens with zero attached hydrogens (tertiary/aromatic N) is 1. The Morgan fingerprint density at radius 3 is 2.58 bits per heavy atom. The second-order valence-electron chi connectivity index (χ2n) is 12.3. The van der Waals surface area contributed by atoms with E-state index in [4.69, 9.17) is 9.26 Å². The number of hydrogen-bond donors (Lipinski definition) is 2. The van der Waals surface area contributed by atoms with Gasteiger partial charge in [-0.15, -0.1) is 0 Å². The lowest BCUT2D eigenvalue weighted by Crippen LogP contribution is -2.41. The molecule has 0 radical (unpaired) electrons. The molecule has 4 unspecified atom stereocenters. The van der Waals surface area contributed by atoms with Crippen LogP contribution in [0.1, 0.15) is 104 Å². The molecule has 3 aliphatic rings. The molecule has 0 saturated heterocycles. The summed E-state index contributed by atoms with van der Waals surface area (Å²) in [5, 5.41) is 19.2. The number of rotatable bonds is 8. The van der Waals surface area contributed by atoms with E-state index in [1.807, 2.05) is 19.1 Å². The second-order valence-corrected chi connectivity index (χ2v) is 12.3. The largest absolute Gasteiger partial charge is 0.496 e. The van der Waals surface area contributed by atoms with Crippen LogP contribution in [-0.4, -0.2) is 29.4 Å². The quantitative estimate of drug-likeness (QED) is 0.314. The molecule has 3 fully saturated rings. The van der Waals surface area contributed by atoms with Gasteiger partial charge in [0, 0.05) is 29.4 Å². The molecule has 2 N–H and O–H groups in total. The van der Waals surface area contributed by atoms with Crippen molar-refractivity contribution in [2.75, 3.05) is 7.11 Å². The van der Waals surface area contributed by atoms with Crippen molar-refractivity contribution in [3.05, 3.63) is 70.9 Å². The molecule has 1 heterocycles. The summed E-state index contributed by atoms with van der Waals surface area (Å²) < 4.78 is 11.2. The van der Waals surface area contributed by atoms with Crippen molar-refractivity contribution in [1.82, 2.24) is 10.5 Å². The van der Waals surface area contributed by atoms with E-state index in [-0.39, 0.29) is 29.7 Å². The smallest absolute Gasteiger partial charge is 0.223 e. The highest BCUT2D eigenvalue weighted by Gasteiger charge is 2.37. The van der Waals surface area contributed by atoms with Crippen LogP contribution in [0.15, 0.2) is 53.1 Å². The third-order valence-corrected chi connectivity index (χ3v) is 9.50. The molecule has 212 valence electrons. The summed E-state index contributed by atoms with van der Waals surface area (Å²) in [5.41, 5.74) is 5.34. The van der Waals surface area contributed by atoms with Crippen LogP contribution in [0.2, 0.25) is 0 Å². The van der Waals surface area contributed by atoms with Crippen LogP contribution in [0.3, 0.4) is 0 Å². The van der Waals surface area contributed by atoms with Crippen molar-refractivity contribution < 1.29 is 19.2 Å². The first-order valence-corrected chi connectivity index (χ1v) is 15.2. The van der Waals surface area contributed by atoms with E-state index in [9.17, 15) is 9.90 Å². The second kappa shape index (κ2) is 11.8. The maximum Gasteiger partial charge on any atom is 0.223 e. The molecule has 1 aromatic heterocycles. The van der Waals surface area contributed by atoms with Gasteiger partial charge >= 0.3 is 0 Å². The van der Waals surface area contributed by atoms with Crippen molar-refractivity contribution in [3.63, 3.8) is 0 Å². The standard InChI is InChI=1S/C34H42N2O4/c1-21-17-24(14-16-31(21)39-2)28-15-13-27(19-30(28)37)33(35-34(38)23-7-4-3-5-8-23)26-10-6-9-25(18-26)32-20-29(36-40-32)22-11-12-22/h6,9-10,14,16-18,20,22-23,27-28,30,33,37H,3-5,7-8,11-13,15,19H2,1-2H3,(H,35,38). The third-order valence-electron chi connectivity index (χ3n) is 9.50. The summed E-state index contributed by atoms with van der Waals surface area (Å²) in [6.07, 6.45) is 9.74. The highest BCUT2D eigenvalue weighted by molar-refractivity contribution is 5.79. The molecular weight excluding hydrogens is 500 g/mol. The molecular formula is C34H42N2O4. The number of nitrogens with one attached hydrogen (secondary N) is 1. The first kappa shape index (κ1) is 27.1. The summed E-state index contributed by atoms with van der Waals surface area (Å²) in [7, 11) is 1.69. The zero-order valence-corrected chi connectivity index (χ0v) is 23.8. The molecule has 3 saturated carbocycles. The monoisotopic (exact) mass is 542 g/mol. The maximum atomic E-state index is 13.5. The molecule has 6 heteroatoms. The van der Waals surface area contributed by atoms with Gasteiger partial charge in [-0.2, -0.15) is 0 Å². The fourth-order valence-electron chi connectivity index (χ4n) is 6.99. The van der Waals surface area contributed by atoms with Gasteiger partial charge in [0.15, 0.2) is 5.76 Å². The van der Waals surface area contributed by atoms with Crippen LogP contribution in [0.4, 0.5) is 0 Å². The summed E-state index contributed by atoms with van der Waals surface area (Å²) >= 11 is 0. The molecule has 2 aromatic carbocycles. The van der Waals surface area contributed by atoms with E-state index in [2.05, 4.69) is 46.9 Å². The van der Waals surface area contributed by atoms with E-state index < -0.39 is 6.10 Å². The fraction of sp³-hybridized carbons (Fsp3) is 0.529. The Bertz CT molecular complexity index is 1320. The number of aliphatic hydroxyl groups excluding tert-OH is 1. The van der Waals surface area contributed by atoms with Crippen LogP contribution in [0, 0.1) is 18.8 Å². The van der Waals surface area contributed by atoms with Gasteiger partial charge in [0.25, 0.3) is 0 Å². The number of ether oxygens (including phenoxy) is 1. The lowest BCUT2D eigenvalue weighted by Gasteiger charge is -2.38. The Balaban J connectivity index is 1.24. The summed E-state index contributed by atoms with van der Waals surface area (Å²) in [6.45, 7) is 2.05. The number of methoxy groups -OCH3 is 1. The van der Waals surface area contributed by atoms with E-state index in [1.54, 1.807) is 7.11 Å². The molecule has 6 rings (SSSR count). The average Bonchev–Trinajstić information content (AvgIpc) is 3.72. The van der Waals surface area contributed by atoms with Crippen LogP contribution in [-0.2, 0) is 4.79 Å². The zero-order valence-electron chi connectivity index (χ0n) is 23.8. The first-order valence-electron chi connectivity index (χ1n) is 15.2. The molecule has 0 bridgehead atoms. The Hall–Kier alpha value is -3.12. The SMILES string of the molecule is COc1ccc(C2CCC(C(NC(=O)C3CCCCC3)c3cccc(-c4cc(C5CC5)no4)c3)CC2O)cc1C. The molecule has 0 aliphatic heterocycles. The minimum atomic E-state index is -0.473. The van der Waals surface area contributed by atoms with Gasteiger partial charge in [0.2, 0.25) is 5.91 Å². The van der Waals surface area contributed by atoms with Crippen LogP contribution in [0.25, 0.3) is 11.3 Å². The van der Waals surface area contributed by atoms with Crippen molar-refractivity contribution >= 4 is 5.91 Å². The van der Waals surface area contributed by atoms with Crippen molar-refractivity contribution in [2.24, 2.45) is 11.8 Å². The first-order chi connectivity index (χ1) is 19.5. The topological polar surface area (TPSA) is 84.6 Å². The molecule has 3 aromatic rings. The molecule has 1 amide bonds. The van der Waals surface area contributed by atoms with Crippen molar-refractivity contribution in [1.29, 1.82) is 0 Å². The van der Waals surface area contributed by atoms with Crippen molar-refractivity contribution in [3.8, 4) is 17.1 Å². The van der Waals surface area contributed by atoms with Gasteiger partial charge in [0.1, 0.15) is 5.75 Å². The number of carbonyl (C=O) groups is 1. The Morgan fingerprint density at radius 1 is 1.02 bits per heavy atom. The molecule has 40 heavy (non-hydrogen) atoms. The van der Waals surface area contributed by atoms with E-state index in [0.29, 0.717) is 12.3 Å². The minimum Gasteiger partial charge on any atom is -0.496 e. The van der Waals surface area contributed by atoms with E-state index in [0.717, 1.165) is 78.0 Å². The zero-order chi connectivity index (χ0) is 27.6. The highest BCUT2D eigenvalue weighted by atomic mass is 16.5. The Kier molecular flexibility index (Phi) is 7.97. The summed E-state index contributed by atoms with van der Waals surface area (Å²) in [4.78, 5) is 13.5. The van der Waals surface area contributed by atoms with Crippen LogP contribution < -0.4 is 10.1 Å². The Labute approximate surface area is 237 Å². The van der Waals surface area contributed by atoms with E-state index in [1.165, 1.54) is 19.3 Å². The van der Waals surface area contributed by atoms with Gasteiger partial charge in [0.05, 0.1) is 24.9 Å². The summed E-state index contributed by atoms with van der Waals surface area (Å²) in [6, 6.07) is 16.5. The molecule has 0 spiro atoms. The maximum absolute atomic E-state index is 13.5. The normalized spacial score (nSPS) is 24.4. The predicted molar refractivity (Wildman–Crippen MR) is 155 cm³/mol. The fourth-order valence-corrected chi connectivity index (χ4v) is 6.99. The molecule has 3 aliphatic carbocycles. The number of aromatic nitrogens is 1. The third kappa shape index (κ3) is 5.83. The van der Waals surface area contributed by atoms with Crippen LogP contribution in [0.5, 0.6) is 5.75 Å². The van der Waals surface area contributed by atoms with Crippen LogP contribution >= 0.6 is 0 Å². The lowest BCUT2D eigenvalue weighted by atomic mass is 9.72. The lowest BCUT2D eigenvalue weighted by molar-refractivity contribution is -0.127. The van der Waals surface area contributed by atoms with Crippen molar-refractivity contribution in [2.45, 2.75) is 95.1 Å². The minimum absolute atomic E-state index is 0.0805. The number of benzene rings is 2. The van der Waals surface area contributed by atoms with Gasteiger partial charge in [-0.05, 0) is 86.6 Å². The number of carbonyl (C=O) groups excluding carboxylic acids is 1. The van der Waals surface area contributed by atoms with Gasteiger partial charge in [-0.25, -0.2) is 0 Å². The molecule has 4 atom stereocenters. The van der Waals surface area contributed by atoms with Gasteiger partial charge in [-0.3, -0.25) is 4.79 Å². The predicted octanol–water partition coefficient (Wildman–Crippen LogP) is 7.22. The Morgan fingerprint density at radius 2 is 1.85 bits per heavy atom. The molecule has 6 nitrogen and oxygen atoms in total. The van der Waals surface area contributed by atoms with Gasteiger partial charge in [-0.1, -0.05) is 54.8 Å². The summed E-state index contributed by atoms with van der Waals surface area (Å²) in [5.74, 6) is 2.65. The number of aryl methyl sites for hydroxylation is 1. The van der Waals surface area contributed by atoms with E-state index >= 15 is 0 Å².